The van der Waals surface area contributed by atoms with Crippen molar-refractivity contribution in [2.45, 2.75) is 6.92 Å². The van der Waals surface area contributed by atoms with Crippen LogP contribution < -0.4 is 9.64 Å². The zero-order chi connectivity index (χ0) is 19.6. The van der Waals surface area contributed by atoms with Gasteiger partial charge in [0, 0.05) is 12.7 Å². The summed E-state index contributed by atoms with van der Waals surface area (Å²) in [5.41, 5.74) is 1.15. The molecule has 0 saturated carbocycles. The summed E-state index contributed by atoms with van der Waals surface area (Å²) >= 11 is 0. The van der Waals surface area contributed by atoms with Crippen LogP contribution >= 0.6 is 0 Å². The molecule has 0 N–H and O–H groups in total. The predicted octanol–water partition coefficient (Wildman–Crippen LogP) is 3.20. The first-order valence-electron chi connectivity index (χ1n) is 8.38. The number of anilines is 1. The molecule has 2 aromatic carbocycles. The van der Waals surface area contributed by atoms with E-state index in [2.05, 4.69) is 0 Å². The van der Waals surface area contributed by atoms with Crippen LogP contribution in [-0.2, 0) is 14.3 Å². The van der Waals surface area contributed by atoms with Crippen molar-refractivity contribution in [1.29, 1.82) is 5.26 Å². The van der Waals surface area contributed by atoms with Crippen LogP contribution in [-0.4, -0.2) is 32.1 Å². The lowest BCUT2D eigenvalue weighted by molar-refractivity contribution is -0.143. The van der Waals surface area contributed by atoms with Crippen molar-refractivity contribution in [2.24, 2.45) is 0 Å². The number of carbonyl (C=O) groups excluding carboxylic acids is 2. The second kappa shape index (κ2) is 9.78. The van der Waals surface area contributed by atoms with E-state index < -0.39 is 18.5 Å². The number of hydrogen-bond acceptors (Lipinski definition) is 5. The smallest absolute Gasteiger partial charge is 0.349 e. The predicted molar refractivity (Wildman–Crippen MR) is 102 cm³/mol. The summed E-state index contributed by atoms with van der Waals surface area (Å²) in [4.78, 5) is 25.6. The molecule has 27 heavy (non-hydrogen) atoms. The van der Waals surface area contributed by atoms with Crippen molar-refractivity contribution in [2.75, 3.05) is 25.2 Å². The molecule has 0 aliphatic carbocycles. The lowest BCUT2D eigenvalue weighted by atomic mass is 10.1. The van der Waals surface area contributed by atoms with E-state index in [-0.39, 0.29) is 5.57 Å². The monoisotopic (exact) mass is 364 g/mol. The van der Waals surface area contributed by atoms with E-state index in [1.165, 1.54) is 11.0 Å². The molecule has 0 spiro atoms. The maximum Gasteiger partial charge on any atom is 0.349 e. The van der Waals surface area contributed by atoms with Gasteiger partial charge in [-0.15, -0.1) is 0 Å². The van der Waals surface area contributed by atoms with Gasteiger partial charge in [0.25, 0.3) is 5.91 Å². The minimum atomic E-state index is -0.846. The zero-order valence-electron chi connectivity index (χ0n) is 15.2. The Morgan fingerprint density at radius 2 is 1.78 bits per heavy atom. The van der Waals surface area contributed by atoms with Gasteiger partial charge < -0.3 is 14.4 Å². The Bertz CT molecular complexity index is 852. The number of likely N-dealkylation sites (N-methyl/N-ethyl adjacent to an activating group) is 1. The lowest BCUT2D eigenvalue weighted by Gasteiger charge is -2.16. The van der Waals surface area contributed by atoms with Crippen molar-refractivity contribution in [1.82, 2.24) is 0 Å². The van der Waals surface area contributed by atoms with E-state index in [9.17, 15) is 14.9 Å². The normalized spacial score (nSPS) is 10.6. The highest BCUT2D eigenvalue weighted by Crippen LogP contribution is 2.15. The molecular formula is C21H20N2O4. The fourth-order valence-corrected chi connectivity index (χ4v) is 2.23. The number of carbonyl (C=O) groups is 2. The summed E-state index contributed by atoms with van der Waals surface area (Å²) in [5, 5.41) is 9.21. The van der Waals surface area contributed by atoms with Gasteiger partial charge in [-0.2, -0.15) is 5.26 Å². The van der Waals surface area contributed by atoms with Gasteiger partial charge in [0.1, 0.15) is 17.4 Å². The molecule has 0 aromatic heterocycles. The molecule has 0 unspecified atom stereocenters. The molecule has 0 bridgehead atoms. The Labute approximate surface area is 158 Å². The average molecular weight is 364 g/mol. The molecule has 0 heterocycles. The van der Waals surface area contributed by atoms with Gasteiger partial charge in [-0.05, 0) is 42.8 Å². The Kier molecular flexibility index (Phi) is 7.15. The molecule has 138 valence electrons. The van der Waals surface area contributed by atoms with Crippen molar-refractivity contribution in [3.63, 3.8) is 0 Å². The molecule has 6 heteroatoms. The van der Waals surface area contributed by atoms with Gasteiger partial charge in [0.15, 0.2) is 6.61 Å². The molecular weight excluding hydrogens is 344 g/mol. The van der Waals surface area contributed by atoms with Gasteiger partial charge in [-0.25, -0.2) is 4.79 Å². The number of para-hydroxylation sites is 1. The van der Waals surface area contributed by atoms with Crippen LogP contribution in [0.5, 0.6) is 5.75 Å². The SMILES string of the molecule is CCOc1ccc(/C=C(\C#N)C(=O)OCC(=O)N(C)c2ccccc2)cc1. The first kappa shape index (κ1) is 19.7. The van der Waals surface area contributed by atoms with Gasteiger partial charge in [-0.1, -0.05) is 30.3 Å². The Morgan fingerprint density at radius 1 is 1.11 bits per heavy atom. The molecule has 2 rings (SSSR count). The Hall–Kier alpha value is -3.59. The topological polar surface area (TPSA) is 79.6 Å². The number of rotatable bonds is 7. The van der Waals surface area contributed by atoms with E-state index in [1.807, 2.05) is 13.0 Å². The Morgan fingerprint density at radius 3 is 2.37 bits per heavy atom. The number of benzene rings is 2. The van der Waals surface area contributed by atoms with Crippen LogP contribution in [0, 0.1) is 11.3 Å². The molecule has 0 aliphatic rings. The molecule has 2 aromatic rings. The van der Waals surface area contributed by atoms with Crippen LogP contribution in [0.1, 0.15) is 12.5 Å². The third-order valence-corrected chi connectivity index (χ3v) is 3.69. The molecule has 0 atom stereocenters. The first-order valence-corrected chi connectivity index (χ1v) is 8.38. The van der Waals surface area contributed by atoms with Crippen molar-refractivity contribution >= 4 is 23.6 Å². The number of nitriles is 1. The average Bonchev–Trinajstić information content (AvgIpc) is 2.71. The first-order chi connectivity index (χ1) is 13.0. The fraction of sp³-hybridized carbons (Fsp3) is 0.190. The maximum absolute atomic E-state index is 12.1. The van der Waals surface area contributed by atoms with E-state index in [1.54, 1.807) is 61.6 Å². The number of ether oxygens (including phenoxy) is 2. The molecule has 0 saturated heterocycles. The third kappa shape index (κ3) is 5.72. The quantitative estimate of drug-likeness (QED) is 0.428. The largest absolute Gasteiger partial charge is 0.494 e. The van der Waals surface area contributed by atoms with Gasteiger partial charge in [0.05, 0.1) is 6.61 Å². The molecule has 6 nitrogen and oxygen atoms in total. The summed E-state index contributed by atoms with van der Waals surface area (Å²) in [6, 6.07) is 17.7. The second-order valence-corrected chi connectivity index (χ2v) is 5.54. The van der Waals surface area contributed by atoms with Crippen LogP contribution in [0.15, 0.2) is 60.2 Å². The number of esters is 1. The summed E-state index contributed by atoms with van der Waals surface area (Å²) < 4.78 is 10.3. The van der Waals surface area contributed by atoms with E-state index >= 15 is 0 Å². The van der Waals surface area contributed by atoms with Gasteiger partial charge in [-0.3, -0.25) is 4.79 Å². The summed E-state index contributed by atoms with van der Waals surface area (Å²) in [5.74, 6) is -0.542. The van der Waals surface area contributed by atoms with Crippen molar-refractivity contribution < 1.29 is 19.1 Å². The molecule has 0 radical (unpaired) electrons. The maximum atomic E-state index is 12.1. The lowest BCUT2D eigenvalue weighted by Crippen LogP contribution is -2.31. The number of hydrogen-bond donors (Lipinski definition) is 0. The molecule has 1 amide bonds. The van der Waals surface area contributed by atoms with Gasteiger partial charge >= 0.3 is 5.97 Å². The highest BCUT2D eigenvalue weighted by atomic mass is 16.5. The number of amides is 1. The van der Waals surface area contributed by atoms with E-state index in [4.69, 9.17) is 9.47 Å². The minimum Gasteiger partial charge on any atom is -0.494 e. The van der Waals surface area contributed by atoms with Crippen LogP contribution in [0.3, 0.4) is 0 Å². The fourth-order valence-electron chi connectivity index (χ4n) is 2.23. The van der Waals surface area contributed by atoms with Crippen LogP contribution in [0.2, 0.25) is 0 Å². The summed E-state index contributed by atoms with van der Waals surface area (Å²) in [7, 11) is 1.59. The summed E-state index contributed by atoms with van der Waals surface area (Å²) in [6.45, 7) is 1.98. The molecule has 0 fully saturated rings. The highest BCUT2D eigenvalue weighted by molar-refractivity contribution is 6.00. The van der Waals surface area contributed by atoms with Gasteiger partial charge in [0.2, 0.25) is 0 Å². The minimum absolute atomic E-state index is 0.186. The van der Waals surface area contributed by atoms with Crippen LogP contribution in [0.4, 0.5) is 5.69 Å². The zero-order valence-corrected chi connectivity index (χ0v) is 15.2. The number of nitrogens with zero attached hydrogens (tertiary/aromatic N) is 2. The third-order valence-electron chi connectivity index (χ3n) is 3.69. The standard InChI is InChI=1S/C21H20N2O4/c1-3-26-19-11-9-16(10-12-19)13-17(14-22)21(25)27-15-20(24)23(2)18-7-5-4-6-8-18/h4-13H,3,15H2,1-2H3/b17-13+. The second-order valence-electron chi connectivity index (χ2n) is 5.54. The van der Waals surface area contributed by atoms with Crippen molar-refractivity contribution in [3.8, 4) is 11.8 Å². The highest BCUT2D eigenvalue weighted by Gasteiger charge is 2.16. The van der Waals surface area contributed by atoms with Crippen LogP contribution in [0.25, 0.3) is 6.08 Å². The van der Waals surface area contributed by atoms with E-state index in [0.29, 0.717) is 23.6 Å². The molecule has 0 aliphatic heterocycles. The summed E-state index contributed by atoms with van der Waals surface area (Å²) in [6.07, 6.45) is 1.41. The van der Waals surface area contributed by atoms with E-state index in [0.717, 1.165) is 0 Å². The Balaban J connectivity index is 1.98. The van der Waals surface area contributed by atoms with Crippen molar-refractivity contribution in [3.05, 3.63) is 65.7 Å².